The zero-order chi connectivity index (χ0) is 12.7. The fourth-order valence-corrected chi connectivity index (χ4v) is 1.82. The lowest BCUT2D eigenvalue weighted by Gasteiger charge is -2.14. The van der Waals surface area contributed by atoms with Gasteiger partial charge in [0.25, 0.3) is 0 Å². The zero-order valence-corrected chi connectivity index (χ0v) is 11.9. The highest BCUT2D eigenvalue weighted by Gasteiger charge is 2.07. The number of hydrogen-bond acceptors (Lipinski definition) is 4. The van der Waals surface area contributed by atoms with Crippen molar-refractivity contribution in [3.05, 3.63) is 33.4 Å². The molecule has 0 aliphatic rings. The predicted octanol–water partition coefficient (Wildman–Crippen LogP) is 1.37. The van der Waals surface area contributed by atoms with Crippen LogP contribution in [0.4, 0.5) is 0 Å². The summed E-state index contributed by atoms with van der Waals surface area (Å²) in [4.78, 5) is 13.5. The number of aliphatic hydroxyl groups excluding tert-OH is 1. The van der Waals surface area contributed by atoms with Crippen LogP contribution in [0.5, 0.6) is 0 Å². The number of halogens is 1. The molecule has 0 aromatic heterocycles. The highest BCUT2D eigenvalue weighted by molar-refractivity contribution is 14.1. The number of rotatable bonds is 6. The summed E-state index contributed by atoms with van der Waals surface area (Å²) in [6, 6.07) is 7.28. The number of carbonyl (C=O) groups is 1. The zero-order valence-electron chi connectivity index (χ0n) is 9.73. The van der Waals surface area contributed by atoms with Crippen molar-refractivity contribution >= 4 is 28.6 Å². The van der Waals surface area contributed by atoms with Crippen LogP contribution in [-0.4, -0.2) is 49.3 Å². The molecule has 1 aromatic carbocycles. The van der Waals surface area contributed by atoms with Crippen molar-refractivity contribution in [2.45, 2.75) is 0 Å². The molecule has 5 heteroatoms. The van der Waals surface area contributed by atoms with Gasteiger partial charge in [0.1, 0.15) is 6.61 Å². The molecule has 1 N–H and O–H groups in total. The molecule has 1 rings (SSSR count). The predicted molar refractivity (Wildman–Crippen MR) is 74.0 cm³/mol. The molecule has 0 bridgehead atoms. The van der Waals surface area contributed by atoms with Gasteiger partial charge in [-0.25, -0.2) is 4.79 Å². The van der Waals surface area contributed by atoms with Gasteiger partial charge in [0, 0.05) is 16.7 Å². The lowest BCUT2D eigenvalue weighted by Crippen LogP contribution is -2.27. The Labute approximate surface area is 115 Å². The molecule has 0 saturated carbocycles. The lowest BCUT2D eigenvalue weighted by molar-refractivity contribution is 0.0467. The van der Waals surface area contributed by atoms with Crippen LogP contribution in [0, 0.1) is 3.57 Å². The molecule has 0 atom stereocenters. The van der Waals surface area contributed by atoms with E-state index >= 15 is 0 Å². The minimum Gasteiger partial charge on any atom is -0.461 e. The number of nitrogens with zero attached hydrogens (tertiary/aromatic N) is 1. The lowest BCUT2D eigenvalue weighted by atomic mass is 10.2. The highest BCUT2D eigenvalue weighted by atomic mass is 127. The Kier molecular flexibility index (Phi) is 6.46. The summed E-state index contributed by atoms with van der Waals surface area (Å²) >= 11 is 2.15. The minimum absolute atomic E-state index is 0.112. The molecular formula is C12H16INO3. The van der Waals surface area contributed by atoms with E-state index < -0.39 is 0 Å². The SMILES string of the molecule is CN(CCO)CCOC(=O)c1cccc(I)c1. The van der Waals surface area contributed by atoms with Crippen LogP contribution >= 0.6 is 22.6 Å². The third-order valence-electron chi connectivity index (χ3n) is 2.25. The molecule has 1 aromatic rings. The Morgan fingerprint density at radius 2 is 2.24 bits per heavy atom. The van der Waals surface area contributed by atoms with Crippen LogP contribution in [0.25, 0.3) is 0 Å². The average molecular weight is 349 g/mol. The maximum absolute atomic E-state index is 11.6. The molecule has 0 amide bonds. The topological polar surface area (TPSA) is 49.8 Å². The van der Waals surface area contributed by atoms with E-state index in [1.165, 1.54) is 0 Å². The van der Waals surface area contributed by atoms with Crippen LogP contribution in [-0.2, 0) is 4.74 Å². The molecular weight excluding hydrogens is 333 g/mol. The fraction of sp³-hybridized carbons (Fsp3) is 0.417. The normalized spacial score (nSPS) is 10.6. The van der Waals surface area contributed by atoms with Gasteiger partial charge in [0.05, 0.1) is 12.2 Å². The van der Waals surface area contributed by atoms with Gasteiger partial charge in [-0.2, -0.15) is 0 Å². The monoisotopic (exact) mass is 349 g/mol. The van der Waals surface area contributed by atoms with E-state index in [-0.39, 0.29) is 12.6 Å². The van der Waals surface area contributed by atoms with Gasteiger partial charge in [-0.05, 0) is 47.8 Å². The summed E-state index contributed by atoms with van der Waals surface area (Å²) in [5.41, 5.74) is 0.571. The van der Waals surface area contributed by atoms with Crippen LogP contribution in [0.3, 0.4) is 0 Å². The second-order valence-corrected chi connectivity index (χ2v) is 4.92. The second kappa shape index (κ2) is 7.62. The maximum Gasteiger partial charge on any atom is 0.338 e. The molecule has 0 unspecified atom stereocenters. The fourth-order valence-electron chi connectivity index (χ4n) is 1.28. The molecule has 0 aliphatic carbocycles. The number of likely N-dealkylation sites (N-methyl/N-ethyl adjacent to an activating group) is 1. The van der Waals surface area contributed by atoms with Crippen molar-refractivity contribution in [2.75, 3.05) is 33.4 Å². The molecule has 0 saturated heterocycles. The molecule has 0 radical (unpaired) electrons. The standard InChI is InChI=1S/C12H16INO3/c1-14(5-7-15)6-8-17-12(16)10-3-2-4-11(13)9-10/h2-4,9,15H,5-8H2,1H3. The van der Waals surface area contributed by atoms with Crippen molar-refractivity contribution < 1.29 is 14.6 Å². The maximum atomic E-state index is 11.6. The van der Waals surface area contributed by atoms with Crippen molar-refractivity contribution in [2.24, 2.45) is 0 Å². The first-order chi connectivity index (χ1) is 8.13. The summed E-state index contributed by atoms with van der Waals surface area (Å²) in [5.74, 6) is -0.305. The summed E-state index contributed by atoms with van der Waals surface area (Å²) in [7, 11) is 1.87. The van der Waals surface area contributed by atoms with E-state index in [4.69, 9.17) is 9.84 Å². The Hall–Kier alpha value is -0.660. The van der Waals surface area contributed by atoms with E-state index in [1.807, 2.05) is 24.1 Å². The largest absolute Gasteiger partial charge is 0.461 e. The number of carbonyl (C=O) groups excluding carboxylic acids is 1. The van der Waals surface area contributed by atoms with Gasteiger partial charge in [-0.3, -0.25) is 0 Å². The molecule has 94 valence electrons. The first-order valence-corrected chi connectivity index (χ1v) is 6.43. The Bertz CT molecular complexity index is 371. The summed E-state index contributed by atoms with van der Waals surface area (Å²) in [6.45, 7) is 1.65. The number of hydrogen-bond donors (Lipinski definition) is 1. The minimum atomic E-state index is -0.305. The van der Waals surface area contributed by atoms with Crippen LogP contribution in [0.1, 0.15) is 10.4 Å². The van der Waals surface area contributed by atoms with Crippen LogP contribution in [0.2, 0.25) is 0 Å². The third kappa shape index (κ3) is 5.47. The smallest absolute Gasteiger partial charge is 0.338 e. The molecule has 0 fully saturated rings. The molecule has 4 nitrogen and oxygen atoms in total. The average Bonchev–Trinajstić information content (AvgIpc) is 2.29. The second-order valence-electron chi connectivity index (χ2n) is 3.67. The Morgan fingerprint density at radius 3 is 2.88 bits per heavy atom. The van der Waals surface area contributed by atoms with E-state index in [0.717, 1.165) is 3.57 Å². The van der Waals surface area contributed by atoms with Gasteiger partial charge < -0.3 is 14.7 Å². The molecule has 17 heavy (non-hydrogen) atoms. The summed E-state index contributed by atoms with van der Waals surface area (Å²) in [6.07, 6.45) is 0. The van der Waals surface area contributed by atoms with E-state index in [9.17, 15) is 4.79 Å². The van der Waals surface area contributed by atoms with Gasteiger partial charge in [0.15, 0.2) is 0 Å². The number of ether oxygens (including phenoxy) is 1. The molecule has 0 spiro atoms. The van der Waals surface area contributed by atoms with Gasteiger partial charge >= 0.3 is 5.97 Å². The van der Waals surface area contributed by atoms with Crippen molar-refractivity contribution in [1.82, 2.24) is 4.90 Å². The van der Waals surface area contributed by atoms with E-state index in [2.05, 4.69) is 22.6 Å². The van der Waals surface area contributed by atoms with Gasteiger partial charge in [-0.1, -0.05) is 6.07 Å². The summed E-state index contributed by atoms with van der Waals surface area (Å²) < 4.78 is 6.14. The van der Waals surface area contributed by atoms with Crippen LogP contribution in [0.15, 0.2) is 24.3 Å². The van der Waals surface area contributed by atoms with E-state index in [0.29, 0.717) is 25.3 Å². The van der Waals surface area contributed by atoms with Gasteiger partial charge in [-0.15, -0.1) is 0 Å². The van der Waals surface area contributed by atoms with Crippen molar-refractivity contribution in [1.29, 1.82) is 0 Å². The quantitative estimate of drug-likeness (QED) is 0.623. The van der Waals surface area contributed by atoms with Gasteiger partial charge in [0.2, 0.25) is 0 Å². The first-order valence-electron chi connectivity index (χ1n) is 5.35. The summed E-state index contributed by atoms with van der Waals surface area (Å²) in [5, 5.41) is 8.70. The van der Waals surface area contributed by atoms with Crippen molar-refractivity contribution in [3.63, 3.8) is 0 Å². The number of aliphatic hydroxyl groups is 1. The third-order valence-corrected chi connectivity index (χ3v) is 2.92. The Morgan fingerprint density at radius 1 is 1.47 bits per heavy atom. The van der Waals surface area contributed by atoms with Crippen LogP contribution < -0.4 is 0 Å². The molecule has 0 aliphatic heterocycles. The molecule has 0 heterocycles. The first kappa shape index (κ1) is 14.4. The Balaban J connectivity index is 2.35. The van der Waals surface area contributed by atoms with Crippen molar-refractivity contribution in [3.8, 4) is 0 Å². The van der Waals surface area contributed by atoms with E-state index in [1.54, 1.807) is 12.1 Å². The highest BCUT2D eigenvalue weighted by Crippen LogP contribution is 2.08. The number of benzene rings is 1. The number of esters is 1.